The first-order chi connectivity index (χ1) is 10.5. The molecule has 0 spiro atoms. The topological polar surface area (TPSA) is 63.7 Å². The molecule has 0 amide bonds. The number of hydrogen-bond donors (Lipinski definition) is 0. The fourth-order valence-electron chi connectivity index (χ4n) is 2.05. The van der Waals surface area contributed by atoms with Crippen molar-refractivity contribution in [3.05, 3.63) is 47.3 Å². The van der Waals surface area contributed by atoms with Crippen LogP contribution >= 0.6 is 11.3 Å². The van der Waals surface area contributed by atoms with Gasteiger partial charge in [0.05, 0.1) is 12.8 Å². The number of anilines is 1. The maximum atomic E-state index is 12.8. The Hall–Kier alpha value is -1.86. The third kappa shape index (κ3) is 3.31. The summed E-state index contributed by atoms with van der Waals surface area (Å²) in [7, 11) is -2.56. The van der Waals surface area contributed by atoms with Crippen LogP contribution < -0.4 is 4.31 Å². The predicted molar refractivity (Wildman–Crippen MR) is 86.7 cm³/mol. The zero-order chi connectivity index (χ0) is 16.2. The van der Waals surface area contributed by atoms with Crippen LogP contribution in [0.25, 0.3) is 0 Å². The number of carbonyl (C=O) groups is 1. The fourth-order valence-corrected chi connectivity index (χ4v) is 4.60. The average molecular weight is 339 g/mol. The third-order valence-corrected chi connectivity index (χ3v) is 6.31. The molecule has 0 atom stereocenters. The van der Waals surface area contributed by atoms with E-state index in [0.717, 1.165) is 21.2 Å². The minimum atomic E-state index is -3.80. The van der Waals surface area contributed by atoms with Crippen molar-refractivity contribution >= 4 is 33.0 Å². The van der Waals surface area contributed by atoms with Crippen LogP contribution in [0.4, 0.5) is 5.69 Å². The zero-order valence-electron chi connectivity index (χ0n) is 12.4. The maximum absolute atomic E-state index is 12.8. The molecule has 1 aromatic carbocycles. The van der Waals surface area contributed by atoms with Crippen molar-refractivity contribution < 1.29 is 17.9 Å². The second-order valence-electron chi connectivity index (χ2n) is 4.50. The lowest BCUT2D eigenvalue weighted by atomic mass is 10.1. The molecule has 7 heteroatoms. The highest BCUT2D eigenvalue weighted by molar-refractivity contribution is 7.94. The highest BCUT2D eigenvalue weighted by Gasteiger charge is 2.29. The van der Waals surface area contributed by atoms with E-state index in [1.807, 2.05) is 19.1 Å². The zero-order valence-corrected chi connectivity index (χ0v) is 14.0. The van der Waals surface area contributed by atoms with Crippen LogP contribution in [-0.4, -0.2) is 28.0 Å². The standard InChI is InChI=1S/C15H17NO4S2/c1-3-12-7-4-5-8-13(12)16(11-14(17)20-2)22(18,19)15-9-6-10-21-15/h4-10H,3,11H2,1-2H3. The van der Waals surface area contributed by atoms with Crippen LogP contribution in [0.2, 0.25) is 0 Å². The van der Waals surface area contributed by atoms with Gasteiger partial charge in [0.15, 0.2) is 0 Å². The Morgan fingerprint density at radius 3 is 2.55 bits per heavy atom. The molecule has 22 heavy (non-hydrogen) atoms. The van der Waals surface area contributed by atoms with Crippen LogP contribution in [-0.2, 0) is 26.0 Å². The van der Waals surface area contributed by atoms with Gasteiger partial charge >= 0.3 is 5.97 Å². The molecular weight excluding hydrogens is 322 g/mol. The molecule has 2 aromatic rings. The molecule has 0 unspecified atom stereocenters. The van der Waals surface area contributed by atoms with E-state index >= 15 is 0 Å². The van der Waals surface area contributed by atoms with E-state index in [-0.39, 0.29) is 10.8 Å². The quantitative estimate of drug-likeness (QED) is 0.759. The summed E-state index contributed by atoms with van der Waals surface area (Å²) in [6.45, 7) is 1.58. The molecular formula is C15H17NO4S2. The summed E-state index contributed by atoms with van der Waals surface area (Å²) in [4.78, 5) is 11.7. The summed E-state index contributed by atoms with van der Waals surface area (Å²) < 4.78 is 31.6. The van der Waals surface area contributed by atoms with Crippen LogP contribution in [0.15, 0.2) is 46.0 Å². The number of para-hydroxylation sites is 1. The molecule has 0 aliphatic carbocycles. The molecule has 0 aliphatic rings. The molecule has 118 valence electrons. The van der Waals surface area contributed by atoms with Crippen LogP contribution in [0, 0.1) is 0 Å². The van der Waals surface area contributed by atoms with E-state index in [0.29, 0.717) is 12.1 Å². The van der Waals surface area contributed by atoms with Crippen LogP contribution in [0.1, 0.15) is 12.5 Å². The summed E-state index contributed by atoms with van der Waals surface area (Å²) in [5.74, 6) is -0.606. The number of thiophene rings is 1. The second-order valence-corrected chi connectivity index (χ2v) is 7.54. The summed E-state index contributed by atoms with van der Waals surface area (Å²) in [6, 6.07) is 10.3. The van der Waals surface area contributed by atoms with Gasteiger partial charge < -0.3 is 4.74 Å². The smallest absolute Gasteiger partial charge is 0.326 e. The number of esters is 1. The summed E-state index contributed by atoms with van der Waals surface area (Å²) in [5, 5.41) is 1.69. The number of benzene rings is 1. The van der Waals surface area contributed by atoms with Crippen molar-refractivity contribution in [1.82, 2.24) is 0 Å². The molecule has 0 saturated carbocycles. The van der Waals surface area contributed by atoms with Crippen molar-refractivity contribution in [2.45, 2.75) is 17.6 Å². The first kappa shape index (κ1) is 16.5. The molecule has 0 aliphatic heterocycles. The number of sulfonamides is 1. The Labute approximate surface area is 134 Å². The van der Waals surface area contributed by atoms with Gasteiger partial charge in [0.2, 0.25) is 0 Å². The number of methoxy groups -OCH3 is 1. The highest BCUT2D eigenvalue weighted by atomic mass is 32.2. The highest BCUT2D eigenvalue weighted by Crippen LogP contribution is 2.29. The van der Waals surface area contributed by atoms with Gasteiger partial charge in [0, 0.05) is 0 Å². The van der Waals surface area contributed by atoms with Gasteiger partial charge in [-0.2, -0.15) is 0 Å². The number of ether oxygens (including phenoxy) is 1. The molecule has 1 aromatic heterocycles. The number of rotatable bonds is 6. The normalized spacial score (nSPS) is 11.2. The van der Waals surface area contributed by atoms with Crippen LogP contribution in [0.5, 0.6) is 0 Å². The van der Waals surface area contributed by atoms with E-state index in [1.165, 1.54) is 13.2 Å². The molecule has 2 rings (SSSR count). The van der Waals surface area contributed by atoms with Crippen LogP contribution in [0.3, 0.4) is 0 Å². The Morgan fingerprint density at radius 1 is 1.23 bits per heavy atom. The Bertz CT molecular complexity index is 739. The molecule has 0 radical (unpaired) electrons. The molecule has 0 fully saturated rings. The molecule has 0 saturated heterocycles. The first-order valence-electron chi connectivity index (χ1n) is 6.71. The third-order valence-electron chi connectivity index (χ3n) is 3.18. The Balaban J connectivity index is 2.54. The van der Waals surface area contributed by atoms with Crippen molar-refractivity contribution in [1.29, 1.82) is 0 Å². The van der Waals surface area contributed by atoms with Gasteiger partial charge in [0.1, 0.15) is 10.8 Å². The summed E-state index contributed by atoms with van der Waals surface area (Å²) in [6.07, 6.45) is 0.661. The number of aryl methyl sites for hydroxylation is 1. The lowest BCUT2D eigenvalue weighted by molar-refractivity contribution is -0.138. The molecule has 5 nitrogen and oxygen atoms in total. The van der Waals surface area contributed by atoms with E-state index < -0.39 is 16.0 Å². The molecule has 0 bridgehead atoms. The fraction of sp³-hybridized carbons (Fsp3) is 0.267. The van der Waals surface area contributed by atoms with E-state index in [2.05, 4.69) is 4.74 Å². The van der Waals surface area contributed by atoms with E-state index in [9.17, 15) is 13.2 Å². The molecule has 1 heterocycles. The Morgan fingerprint density at radius 2 is 1.95 bits per heavy atom. The van der Waals surface area contributed by atoms with Gasteiger partial charge in [-0.3, -0.25) is 9.10 Å². The van der Waals surface area contributed by atoms with Crippen molar-refractivity contribution in [3.8, 4) is 0 Å². The predicted octanol–water partition coefficient (Wildman–Crippen LogP) is 2.68. The summed E-state index contributed by atoms with van der Waals surface area (Å²) >= 11 is 1.12. The van der Waals surface area contributed by atoms with Gasteiger partial charge in [-0.15, -0.1) is 11.3 Å². The second kappa shape index (κ2) is 6.93. The van der Waals surface area contributed by atoms with E-state index in [1.54, 1.807) is 23.6 Å². The number of carbonyl (C=O) groups excluding carboxylic acids is 1. The number of nitrogens with zero attached hydrogens (tertiary/aromatic N) is 1. The van der Waals surface area contributed by atoms with Gasteiger partial charge in [-0.05, 0) is 29.5 Å². The van der Waals surface area contributed by atoms with Crippen molar-refractivity contribution in [3.63, 3.8) is 0 Å². The van der Waals surface area contributed by atoms with Gasteiger partial charge in [-0.25, -0.2) is 8.42 Å². The van der Waals surface area contributed by atoms with Gasteiger partial charge in [-0.1, -0.05) is 31.2 Å². The Kier molecular flexibility index (Phi) is 5.20. The van der Waals surface area contributed by atoms with Crippen molar-refractivity contribution in [2.24, 2.45) is 0 Å². The lowest BCUT2D eigenvalue weighted by Gasteiger charge is -2.24. The maximum Gasteiger partial charge on any atom is 0.326 e. The minimum absolute atomic E-state index is 0.197. The first-order valence-corrected chi connectivity index (χ1v) is 9.03. The SMILES string of the molecule is CCc1ccccc1N(CC(=O)OC)S(=O)(=O)c1cccs1. The number of hydrogen-bond acceptors (Lipinski definition) is 5. The monoisotopic (exact) mass is 339 g/mol. The molecule has 0 N–H and O–H groups in total. The minimum Gasteiger partial charge on any atom is -0.468 e. The van der Waals surface area contributed by atoms with E-state index in [4.69, 9.17) is 0 Å². The van der Waals surface area contributed by atoms with Crippen molar-refractivity contribution in [2.75, 3.05) is 18.0 Å². The lowest BCUT2D eigenvalue weighted by Crippen LogP contribution is -2.36. The largest absolute Gasteiger partial charge is 0.468 e. The van der Waals surface area contributed by atoms with Gasteiger partial charge in [0.25, 0.3) is 10.0 Å². The summed E-state index contributed by atoms with van der Waals surface area (Å²) in [5.41, 5.74) is 1.36. The average Bonchev–Trinajstić information content (AvgIpc) is 3.07.